The number of hydrogen-bond acceptors (Lipinski definition) is 5. The van der Waals surface area contributed by atoms with Crippen LogP contribution in [0.15, 0.2) is 42.6 Å². The van der Waals surface area contributed by atoms with Crippen LogP contribution in [-0.2, 0) is 6.54 Å². The topological polar surface area (TPSA) is 67.2 Å². The number of benzene rings is 1. The van der Waals surface area contributed by atoms with Crippen LogP contribution in [0, 0.1) is 11.3 Å². The Morgan fingerprint density at radius 3 is 2.76 bits per heavy atom. The lowest BCUT2D eigenvalue weighted by atomic mass is 10.2. The Balaban J connectivity index is 1.98. The highest BCUT2D eigenvalue weighted by Crippen LogP contribution is 2.20. The molecule has 0 atom stereocenters. The number of ether oxygens (including phenoxy) is 2. The van der Waals surface area contributed by atoms with Crippen molar-refractivity contribution < 1.29 is 9.47 Å². The average Bonchev–Trinajstić information content (AvgIpc) is 2.53. The molecule has 1 aromatic carbocycles. The van der Waals surface area contributed by atoms with E-state index in [9.17, 15) is 0 Å². The van der Waals surface area contributed by atoms with E-state index in [0.29, 0.717) is 24.8 Å². The molecular weight excluding hydrogens is 266 g/mol. The van der Waals surface area contributed by atoms with Crippen LogP contribution in [0.1, 0.15) is 12.5 Å². The van der Waals surface area contributed by atoms with E-state index in [0.717, 1.165) is 11.3 Å². The third-order valence-corrected chi connectivity index (χ3v) is 2.78. The zero-order valence-electron chi connectivity index (χ0n) is 11.9. The maximum Gasteiger partial charge on any atom is 0.213 e. The molecule has 1 heterocycles. The number of para-hydroxylation sites is 1. The van der Waals surface area contributed by atoms with E-state index in [4.69, 9.17) is 14.7 Å². The van der Waals surface area contributed by atoms with Gasteiger partial charge in [-0.05, 0) is 19.1 Å². The minimum atomic E-state index is 0.0433. The number of nitrogens with zero attached hydrogens (tertiary/aromatic N) is 2. The molecule has 0 saturated heterocycles. The summed E-state index contributed by atoms with van der Waals surface area (Å²) < 4.78 is 10.7. The summed E-state index contributed by atoms with van der Waals surface area (Å²) in [5.74, 6) is 1.33. The first kappa shape index (κ1) is 14.7. The smallest absolute Gasteiger partial charge is 0.213 e. The highest BCUT2D eigenvalue weighted by molar-refractivity contribution is 5.44. The van der Waals surface area contributed by atoms with Crippen LogP contribution >= 0.6 is 0 Å². The van der Waals surface area contributed by atoms with Crippen molar-refractivity contribution in [2.24, 2.45) is 0 Å². The van der Waals surface area contributed by atoms with E-state index >= 15 is 0 Å². The summed E-state index contributed by atoms with van der Waals surface area (Å²) in [4.78, 5) is 4.19. The molecule has 0 aliphatic rings. The second-order valence-corrected chi connectivity index (χ2v) is 4.23. The number of hydrogen-bond donors (Lipinski definition) is 1. The van der Waals surface area contributed by atoms with Gasteiger partial charge in [-0.1, -0.05) is 18.2 Å². The summed E-state index contributed by atoms with van der Waals surface area (Å²) in [6, 6.07) is 13.3. The Hall–Kier alpha value is -2.74. The molecule has 0 radical (unpaired) electrons. The second-order valence-electron chi connectivity index (χ2n) is 4.23. The maximum atomic E-state index is 8.59. The van der Waals surface area contributed by atoms with Crippen LogP contribution < -0.4 is 14.8 Å². The quantitative estimate of drug-likeness (QED) is 0.846. The van der Waals surface area contributed by atoms with Crippen molar-refractivity contribution in [1.82, 2.24) is 4.98 Å². The SMILES string of the molecule is CCOc1ccc(NCc2ccccc2OCC#N)cn1. The van der Waals surface area contributed by atoms with Crippen molar-refractivity contribution in [2.45, 2.75) is 13.5 Å². The van der Waals surface area contributed by atoms with E-state index in [1.165, 1.54) is 0 Å². The maximum absolute atomic E-state index is 8.59. The average molecular weight is 283 g/mol. The molecule has 0 aliphatic heterocycles. The number of rotatable bonds is 7. The zero-order chi connectivity index (χ0) is 14.9. The minimum absolute atomic E-state index is 0.0433. The Morgan fingerprint density at radius 1 is 1.19 bits per heavy atom. The van der Waals surface area contributed by atoms with Crippen molar-refractivity contribution in [3.63, 3.8) is 0 Å². The fourth-order valence-electron chi connectivity index (χ4n) is 1.82. The molecule has 2 rings (SSSR count). The van der Waals surface area contributed by atoms with Crippen LogP contribution in [0.3, 0.4) is 0 Å². The summed E-state index contributed by atoms with van der Waals surface area (Å²) in [5.41, 5.74) is 1.88. The molecule has 108 valence electrons. The van der Waals surface area contributed by atoms with E-state index in [-0.39, 0.29) is 6.61 Å². The molecule has 21 heavy (non-hydrogen) atoms. The second kappa shape index (κ2) is 7.75. The van der Waals surface area contributed by atoms with Gasteiger partial charge in [0.2, 0.25) is 5.88 Å². The molecule has 0 aliphatic carbocycles. The third kappa shape index (κ3) is 4.39. The van der Waals surface area contributed by atoms with Crippen molar-refractivity contribution in [3.8, 4) is 17.7 Å². The number of aromatic nitrogens is 1. The summed E-state index contributed by atoms with van der Waals surface area (Å²) in [7, 11) is 0. The van der Waals surface area contributed by atoms with Crippen molar-refractivity contribution >= 4 is 5.69 Å². The van der Waals surface area contributed by atoms with Crippen LogP contribution in [0.2, 0.25) is 0 Å². The molecule has 5 nitrogen and oxygen atoms in total. The first-order valence-corrected chi connectivity index (χ1v) is 6.74. The molecule has 0 unspecified atom stereocenters. The van der Waals surface area contributed by atoms with Gasteiger partial charge in [0, 0.05) is 18.2 Å². The van der Waals surface area contributed by atoms with Crippen LogP contribution in [0.4, 0.5) is 5.69 Å². The largest absolute Gasteiger partial charge is 0.478 e. The Morgan fingerprint density at radius 2 is 2.05 bits per heavy atom. The number of nitrogens with one attached hydrogen (secondary N) is 1. The van der Waals surface area contributed by atoms with Crippen molar-refractivity contribution in [2.75, 3.05) is 18.5 Å². The first-order chi connectivity index (χ1) is 10.3. The molecule has 5 heteroatoms. The lowest BCUT2D eigenvalue weighted by Crippen LogP contribution is -2.04. The van der Waals surface area contributed by atoms with Gasteiger partial charge >= 0.3 is 0 Å². The fraction of sp³-hybridized carbons (Fsp3) is 0.250. The lowest BCUT2D eigenvalue weighted by Gasteiger charge is -2.11. The first-order valence-electron chi connectivity index (χ1n) is 6.74. The van der Waals surface area contributed by atoms with Crippen LogP contribution in [0.25, 0.3) is 0 Å². The van der Waals surface area contributed by atoms with Crippen LogP contribution in [-0.4, -0.2) is 18.2 Å². The number of anilines is 1. The normalized spacial score (nSPS) is 9.71. The van der Waals surface area contributed by atoms with Gasteiger partial charge in [-0.3, -0.25) is 0 Å². The Bertz CT molecular complexity index is 606. The molecule has 0 spiro atoms. The predicted octanol–water partition coefficient (Wildman–Crippen LogP) is 2.99. The van der Waals surface area contributed by atoms with Gasteiger partial charge in [0.15, 0.2) is 6.61 Å². The molecule has 0 fully saturated rings. The lowest BCUT2D eigenvalue weighted by molar-refractivity contribution is 0.327. The molecule has 2 aromatic rings. The van der Waals surface area contributed by atoms with Gasteiger partial charge < -0.3 is 14.8 Å². The zero-order valence-corrected chi connectivity index (χ0v) is 11.9. The molecule has 1 aromatic heterocycles. The molecule has 0 bridgehead atoms. The minimum Gasteiger partial charge on any atom is -0.478 e. The Labute approximate surface area is 124 Å². The third-order valence-electron chi connectivity index (χ3n) is 2.78. The van der Waals surface area contributed by atoms with Gasteiger partial charge in [-0.15, -0.1) is 0 Å². The summed E-state index contributed by atoms with van der Waals surface area (Å²) in [6.45, 7) is 3.16. The molecule has 0 amide bonds. The monoisotopic (exact) mass is 283 g/mol. The standard InChI is InChI=1S/C16H17N3O2/c1-2-20-16-8-7-14(12-19-16)18-11-13-5-3-4-6-15(13)21-10-9-17/h3-8,12,18H,2,10-11H2,1H3. The highest BCUT2D eigenvalue weighted by atomic mass is 16.5. The van der Waals surface area contributed by atoms with E-state index in [1.807, 2.05) is 49.4 Å². The number of nitriles is 1. The van der Waals surface area contributed by atoms with Gasteiger partial charge in [0.25, 0.3) is 0 Å². The molecule has 1 N–H and O–H groups in total. The summed E-state index contributed by atoms with van der Waals surface area (Å²) >= 11 is 0. The van der Waals surface area contributed by atoms with E-state index < -0.39 is 0 Å². The van der Waals surface area contributed by atoms with Gasteiger partial charge in [-0.2, -0.15) is 5.26 Å². The molecular formula is C16H17N3O2. The molecule has 0 saturated carbocycles. The van der Waals surface area contributed by atoms with Crippen molar-refractivity contribution in [1.29, 1.82) is 5.26 Å². The number of pyridine rings is 1. The fourth-order valence-corrected chi connectivity index (χ4v) is 1.82. The Kier molecular flexibility index (Phi) is 5.41. The van der Waals surface area contributed by atoms with Crippen molar-refractivity contribution in [3.05, 3.63) is 48.2 Å². The summed E-state index contributed by atoms with van der Waals surface area (Å²) in [6.07, 6.45) is 1.73. The van der Waals surface area contributed by atoms with Gasteiger partial charge in [0.05, 0.1) is 18.5 Å². The van der Waals surface area contributed by atoms with Crippen LogP contribution in [0.5, 0.6) is 11.6 Å². The summed E-state index contributed by atoms with van der Waals surface area (Å²) in [5, 5.41) is 11.9. The highest BCUT2D eigenvalue weighted by Gasteiger charge is 2.03. The predicted molar refractivity (Wildman–Crippen MR) is 80.3 cm³/mol. The van der Waals surface area contributed by atoms with E-state index in [2.05, 4.69) is 10.3 Å². The van der Waals surface area contributed by atoms with Gasteiger partial charge in [-0.25, -0.2) is 4.98 Å². The van der Waals surface area contributed by atoms with Gasteiger partial charge in [0.1, 0.15) is 11.8 Å². The van der Waals surface area contributed by atoms with E-state index in [1.54, 1.807) is 6.20 Å².